The van der Waals surface area contributed by atoms with Gasteiger partial charge >= 0.3 is 0 Å². The molecule has 0 aliphatic rings. The number of methoxy groups -OCH3 is 2. The van der Waals surface area contributed by atoms with Crippen molar-refractivity contribution < 1.29 is 9.47 Å². The van der Waals surface area contributed by atoms with Crippen LogP contribution in [0.25, 0.3) is 11.1 Å². The van der Waals surface area contributed by atoms with Crippen molar-refractivity contribution in [1.29, 1.82) is 0 Å². The average Bonchev–Trinajstić information content (AvgIpc) is 2.90. The van der Waals surface area contributed by atoms with E-state index in [1.54, 1.807) is 26.6 Å². The zero-order valence-corrected chi connectivity index (χ0v) is 19.1. The summed E-state index contributed by atoms with van der Waals surface area (Å²) in [5, 5.41) is 8.67. The van der Waals surface area contributed by atoms with Gasteiger partial charge in [0.2, 0.25) is 0 Å². The van der Waals surface area contributed by atoms with Gasteiger partial charge in [0.1, 0.15) is 11.5 Å². The van der Waals surface area contributed by atoms with Crippen LogP contribution in [0.1, 0.15) is 11.1 Å². The van der Waals surface area contributed by atoms with Crippen LogP contribution in [-0.4, -0.2) is 26.6 Å². The number of anilines is 2. The predicted octanol–water partition coefficient (Wildman–Crippen LogP) is 6.26. The van der Waals surface area contributed by atoms with E-state index < -0.39 is 0 Å². The monoisotopic (exact) mass is 450 g/mol. The van der Waals surface area contributed by atoms with Gasteiger partial charge in [-0.15, -0.1) is 0 Å². The Labute approximate surface area is 199 Å². The molecule has 0 aromatic heterocycles. The van der Waals surface area contributed by atoms with Crippen LogP contribution in [0, 0.1) is 0 Å². The molecule has 0 aliphatic carbocycles. The van der Waals surface area contributed by atoms with E-state index in [0.29, 0.717) is 0 Å². The molecule has 0 amide bonds. The molecule has 0 saturated carbocycles. The average molecular weight is 451 g/mol. The summed E-state index contributed by atoms with van der Waals surface area (Å²) in [6.07, 6.45) is 3.57. The lowest BCUT2D eigenvalue weighted by Crippen LogP contribution is -1.94. The SMILES string of the molecule is COc1ccccc1N/N=C/c1ccc(-c2cccc(/C=N/Nc3ccccc3OC)c2)cc1. The number of ether oxygens (including phenoxy) is 2. The van der Waals surface area contributed by atoms with Crippen molar-refractivity contribution in [1.82, 2.24) is 0 Å². The predicted molar refractivity (Wildman–Crippen MR) is 140 cm³/mol. The van der Waals surface area contributed by atoms with Crippen LogP contribution < -0.4 is 20.3 Å². The van der Waals surface area contributed by atoms with Gasteiger partial charge in [-0.05, 0) is 52.6 Å². The Bertz CT molecular complexity index is 1280. The van der Waals surface area contributed by atoms with Crippen LogP contribution >= 0.6 is 0 Å². The Kier molecular flexibility index (Phi) is 7.54. The molecular formula is C28H26N4O2. The molecule has 4 rings (SSSR count). The van der Waals surface area contributed by atoms with Crippen molar-refractivity contribution >= 4 is 23.8 Å². The third-order valence-electron chi connectivity index (χ3n) is 5.14. The first-order valence-corrected chi connectivity index (χ1v) is 10.8. The van der Waals surface area contributed by atoms with Gasteiger partial charge in [-0.2, -0.15) is 10.2 Å². The first-order chi connectivity index (χ1) is 16.8. The molecule has 0 aliphatic heterocycles. The summed E-state index contributed by atoms with van der Waals surface area (Å²) in [6, 6.07) is 31.8. The van der Waals surface area contributed by atoms with Gasteiger partial charge in [-0.3, -0.25) is 10.9 Å². The van der Waals surface area contributed by atoms with Crippen molar-refractivity contribution in [3.63, 3.8) is 0 Å². The highest BCUT2D eigenvalue weighted by molar-refractivity contribution is 5.84. The molecule has 4 aromatic carbocycles. The second-order valence-corrected chi connectivity index (χ2v) is 7.39. The number of hydrazone groups is 2. The van der Waals surface area contributed by atoms with Crippen molar-refractivity contribution in [2.24, 2.45) is 10.2 Å². The molecule has 6 heteroatoms. The highest BCUT2D eigenvalue weighted by Crippen LogP contribution is 2.24. The highest BCUT2D eigenvalue weighted by atomic mass is 16.5. The van der Waals surface area contributed by atoms with Gasteiger partial charge in [0.15, 0.2) is 0 Å². The van der Waals surface area contributed by atoms with Gasteiger partial charge in [0, 0.05) is 0 Å². The fraction of sp³-hybridized carbons (Fsp3) is 0.0714. The number of nitrogens with zero attached hydrogens (tertiary/aromatic N) is 2. The van der Waals surface area contributed by atoms with E-state index in [-0.39, 0.29) is 0 Å². The fourth-order valence-electron chi connectivity index (χ4n) is 3.39. The standard InChI is InChI=1S/C28H26N4O2/c1-33-27-12-5-3-10-25(27)31-29-19-21-14-16-23(17-15-21)24-9-7-8-22(18-24)20-30-32-26-11-4-6-13-28(26)34-2/h3-20,31-32H,1-2H3/b29-19+,30-20+. The fourth-order valence-corrected chi connectivity index (χ4v) is 3.39. The third kappa shape index (κ3) is 5.81. The Morgan fingerprint density at radius 3 is 1.71 bits per heavy atom. The lowest BCUT2D eigenvalue weighted by atomic mass is 10.0. The number of benzene rings is 4. The minimum absolute atomic E-state index is 0.745. The summed E-state index contributed by atoms with van der Waals surface area (Å²) in [7, 11) is 3.28. The zero-order chi connectivity index (χ0) is 23.6. The summed E-state index contributed by atoms with van der Waals surface area (Å²) >= 11 is 0. The van der Waals surface area contributed by atoms with Crippen LogP contribution in [0.4, 0.5) is 11.4 Å². The van der Waals surface area contributed by atoms with Crippen molar-refractivity contribution in [3.8, 4) is 22.6 Å². The molecule has 0 saturated heterocycles. The smallest absolute Gasteiger partial charge is 0.143 e. The summed E-state index contributed by atoms with van der Waals surface area (Å²) in [4.78, 5) is 0. The molecule has 0 heterocycles. The minimum atomic E-state index is 0.745. The van der Waals surface area contributed by atoms with Gasteiger partial charge < -0.3 is 9.47 Å². The second-order valence-electron chi connectivity index (χ2n) is 7.39. The van der Waals surface area contributed by atoms with Gasteiger partial charge in [-0.1, -0.05) is 66.7 Å². The molecule has 6 nitrogen and oxygen atoms in total. The van der Waals surface area contributed by atoms with E-state index >= 15 is 0 Å². The van der Waals surface area contributed by atoms with E-state index in [4.69, 9.17) is 9.47 Å². The van der Waals surface area contributed by atoms with E-state index in [1.165, 1.54) is 0 Å². The second kappa shape index (κ2) is 11.3. The molecule has 2 N–H and O–H groups in total. The van der Waals surface area contributed by atoms with Crippen molar-refractivity contribution in [3.05, 3.63) is 108 Å². The van der Waals surface area contributed by atoms with Crippen LogP contribution in [0.3, 0.4) is 0 Å². The highest BCUT2D eigenvalue weighted by Gasteiger charge is 2.01. The Hall–Kier alpha value is -4.58. The zero-order valence-electron chi connectivity index (χ0n) is 19.1. The molecule has 0 spiro atoms. The maximum atomic E-state index is 5.34. The number of nitrogens with one attached hydrogen (secondary N) is 2. The van der Waals surface area contributed by atoms with E-state index in [0.717, 1.165) is 45.1 Å². The van der Waals surface area contributed by atoms with Crippen molar-refractivity contribution in [2.75, 3.05) is 25.1 Å². The van der Waals surface area contributed by atoms with Crippen LogP contribution in [-0.2, 0) is 0 Å². The minimum Gasteiger partial charge on any atom is -0.495 e. The summed E-state index contributed by atoms with van der Waals surface area (Å²) in [5.41, 5.74) is 11.9. The van der Waals surface area contributed by atoms with Gasteiger partial charge in [0.05, 0.1) is 38.0 Å². The Balaban J connectivity index is 1.40. The molecule has 0 unspecified atom stereocenters. The Morgan fingerprint density at radius 2 is 1.12 bits per heavy atom. The topological polar surface area (TPSA) is 67.2 Å². The Morgan fingerprint density at radius 1 is 0.559 bits per heavy atom. The number of hydrogen-bond donors (Lipinski definition) is 2. The normalized spacial score (nSPS) is 11.0. The van der Waals surface area contributed by atoms with Gasteiger partial charge in [-0.25, -0.2) is 0 Å². The summed E-state index contributed by atoms with van der Waals surface area (Å²) in [6.45, 7) is 0. The number of hydrogen-bond acceptors (Lipinski definition) is 6. The molecule has 0 fully saturated rings. The molecule has 0 atom stereocenters. The molecule has 4 aromatic rings. The number of rotatable bonds is 9. The van der Waals surface area contributed by atoms with E-state index in [2.05, 4.69) is 45.3 Å². The van der Waals surface area contributed by atoms with Crippen LogP contribution in [0.15, 0.2) is 107 Å². The lowest BCUT2D eigenvalue weighted by molar-refractivity contribution is 0.416. The lowest BCUT2D eigenvalue weighted by Gasteiger charge is -2.07. The first-order valence-electron chi connectivity index (χ1n) is 10.8. The third-order valence-corrected chi connectivity index (χ3v) is 5.14. The van der Waals surface area contributed by atoms with E-state index in [9.17, 15) is 0 Å². The largest absolute Gasteiger partial charge is 0.495 e. The summed E-state index contributed by atoms with van der Waals surface area (Å²) in [5.74, 6) is 1.49. The van der Waals surface area contributed by atoms with Gasteiger partial charge in [0.25, 0.3) is 0 Å². The number of para-hydroxylation sites is 4. The molecule has 0 radical (unpaired) electrons. The van der Waals surface area contributed by atoms with Crippen molar-refractivity contribution in [2.45, 2.75) is 0 Å². The maximum absolute atomic E-state index is 5.34. The molecule has 34 heavy (non-hydrogen) atoms. The van der Waals surface area contributed by atoms with Crippen LogP contribution in [0.5, 0.6) is 11.5 Å². The maximum Gasteiger partial charge on any atom is 0.143 e. The molecule has 170 valence electrons. The quantitative estimate of drug-likeness (QED) is 0.233. The molecular weight excluding hydrogens is 424 g/mol. The first kappa shape index (κ1) is 22.6. The van der Waals surface area contributed by atoms with E-state index in [1.807, 2.05) is 72.8 Å². The summed E-state index contributed by atoms with van der Waals surface area (Å²) < 4.78 is 10.7. The molecule has 0 bridgehead atoms. The van der Waals surface area contributed by atoms with Crippen LogP contribution in [0.2, 0.25) is 0 Å².